The Morgan fingerprint density at radius 2 is 2.00 bits per heavy atom. The lowest BCUT2D eigenvalue weighted by atomic mass is 9.89. The zero-order valence-electron chi connectivity index (χ0n) is 14.2. The van der Waals surface area contributed by atoms with E-state index in [1.54, 1.807) is 0 Å². The number of methoxy groups -OCH3 is 1. The van der Waals surface area contributed by atoms with Gasteiger partial charge in [0, 0.05) is 6.54 Å². The van der Waals surface area contributed by atoms with Crippen LogP contribution in [0.2, 0.25) is 0 Å². The van der Waals surface area contributed by atoms with E-state index in [0.717, 1.165) is 44.3 Å². The van der Waals surface area contributed by atoms with Gasteiger partial charge in [0.15, 0.2) is 0 Å². The molecular formula is C17H32N2O2. The molecule has 1 N–H and O–H groups in total. The second kappa shape index (κ2) is 7.10. The number of carbonyl (C=O) groups excluding carboxylic acids is 1. The van der Waals surface area contributed by atoms with Crippen molar-refractivity contribution in [2.75, 3.05) is 33.8 Å². The van der Waals surface area contributed by atoms with Crippen molar-refractivity contribution in [2.45, 2.75) is 51.5 Å². The second-order valence-corrected chi connectivity index (χ2v) is 7.20. The third-order valence-electron chi connectivity index (χ3n) is 5.55. The Hall–Kier alpha value is -0.610. The van der Waals surface area contributed by atoms with Gasteiger partial charge in [-0.25, -0.2) is 4.79 Å². The van der Waals surface area contributed by atoms with Crippen LogP contribution in [-0.2, 0) is 9.53 Å². The monoisotopic (exact) mass is 296 g/mol. The standard InChI is InChI=1S/C17H32N2O2/c1-13(2)14-6-5-10-19(11-9-14)12-17(18-3,15-7-8-15)16(20)21-4/h13-15,18H,5-12H2,1-4H3. The average Bonchev–Trinajstić information content (AvgIpc) is 3.30. The van der Waals surface area contributed by atoms with Crippen LogP contribution in [0.1, 0.15) is 46.0 Å². The lowest BCUT2D eigenvalue weighted by molar-refractivity contribution is -0.150. The Morgan fingerprint density at radius 1 is 1.29 bits per heavy atom. The third kappa shape index (κ3) is 3.78. The lowest BCUT2D eigenvalue weighted by Crippen LogP contribution is -2.60. The van der Waals surface area contributed by atoms with E-state index < -0.39 is 5.54 Å². The Morgan fingerprint density at radius 3 is 2.52 bits per heavy atom. The Balaban J connectivity index is 2.02. The summed E-state index contributed by atoms with van der Waals surface area (Å²) in [6.07, 6.45) is 6.09. The van der Waals surface area contributed by atoms with Gasteiger partial charge < -0.3 is 15.0 Å². The minimum atomic E-state index is -0.494. The van der Waals surface area contributed by atoms with Crippen LogP contribution in [0.3, 0.4) is 0 Å². The van der Waals surface area contributed by atoms with Crippen LogP contribution in [0.15, 0.2) is 0 Å². The number of hydrogen-bond donors (Lipinski definition) is 1. The third-order valence-corrected chi connectivity index (χ3v) is 5.55. The van der Waals surface area contributed by atoms with Crippen LogP contribution in [-0.4, -0.2) is 50.2 Å². The first-order valence-electron chi connectivity index (χ1n) is 8.53. The van der Waals surface area contributed by atoms with E-state index in [1.807, 2.05) is 7.05 Å². The molecule has 2 atom stereocenters. The molecule has 0 spiro atoms. The summed E-state index contributed by atoms with van der Waals surface area (Å²) in [5, 5.41) is 3.31. The van der Waals surface area contributed by atoms with Gasteiger partial charge in [-0.15, -0.1) is 0 Å². The van der Waals surface area contributed by atoms with Crippen molar-refractivity contribution < 1.29 is 9.53 Å². The highest BCUT2D eigenvalue weighted by atomic mass is 16.5. The van der Waals surface area contributed by atoms with Crippen LogP contribution in [0.5, 0.6) is 0 Å². The van der Waals surface area contributed by atoms with E-state index in [0.29, 0.717) is 5.92 Å². The molecule has 122 valence electrons. The number of nitrogens with zero attached hydrogens (tertiary/aromatic N) is 1. The number of nitrogens with one attached hydrogen (secondary N) is 1. The highest BCUT2D eigenvalue weighted by Crippen LogP contribution is 2.41. The van der Waals surface area contributed by atoms with Gasteiger partial charge >= 0.3 is 5.97 Å². The van der Waals surface area contributed by atoms with Crippen molar-refractivity contribution in [1.29, 1.82) is 0 Å². The van der Waals surface area contributed by atoms with E-state index >= 15 is 0 Å². The van der Waals surface area contributed by atoms with Crippen molar-refractivity contribution in [1.82, 2.24) is 10.2 Å². The molecule has 0 aromatic heterocycles. The van der Waals surface area contributed by atoms with Crippen LogP contribution >= 0.6 is 0 Å². The molecule has 2 rings (SSSR count). The predicted octanol–water partition coefficient (Wildman–Crippen LogP) is 2.29. The van der Waals surface area contributed by atoms with Gasteiger partial charge in [0.05, 0.1) is 7.11 Å². The number of esters is 1. The predicted molar refractivity (Wildman–Crippen MR) is 85.1 cm³/mol. The molecular weight excluding hydrogens is 264 g/mol. The van der Waals surface area contributed by atoms with E-state index in [-0.39, 0.29) is 5.97 Å². The number of likely N-dealkylation sites (tertiary alicyclic amines) is 1. The van der Waals surface area contributed by atoms with Gasteiger partial charge in [0.25, 0.3) is 0 Å². The quantitative estimate of drug-likeness (QED) is 0.764. The fraction of sp³-hybridized carbons (Fsp3) is 0.941. The summed E-state index contributed by atoms with van der Waals surface area (Å²) in [5.41, 5.74) is -0.494. The molecule has 0 aromatic carbocycles. The highest BCUT2D eigenvalue weighted by molar-refractivity contribution is 5.82. The van der Waals surface area contributed by atoms with E-state index in [9.17, 15) is 4.79 Å². The molecule has 0 bridgehead atoms. The fourth-order valence-electron chi connectivity index (χ4n) is 3.86. The molecule has 1 saturated carbocycles. The Kier molecular flexibility index (Phi) is 5.67. The summed E-state index contributed by atoms with van der Waals surface area (Å²) in [4.78, 5) is 14.8. The summed E-state index contributed by atoms with van der Waals surface area (Å²) in [6.45, 7) is 7.67. The van der Waals surface area contributed by atoms with Gasteiger partial charge in [-0.1, -0.05) is 13.8 Å². The molecule has 1 aliphatic heterocycles. The number of rotatable bonds is 6. The summed E-state index contributed by atoms with van der Waals surface area (Å²) in [7, 11) is 3.41. The SMILES string of the molecule is CNC(CN1CCCC(C(C)C)CC1)(C(=O)OC)C1CC1. The van der Waals surface area contributed by atoms with Crippen molar-refractivity contribution in [3.8, 4) is 0 Å². The number of likely N-dealkylation sites (N-methyl/N-ethyl adjacent to an activating group) is 1. The molecule has 4 heteroatoms. The van der Waals surface area contributed by atoms with Crippen LogP contribution in [0.4, 0.5) is 0 Å². The summed E-state index contributed by atoms with van der Waals surface area (Å²) in [5.74, 6) is 1.96. The molecule has 21 heavy (non-hydrogen) atoms. The topological polar surface area (TPSA) is 41.6 Å². The van der Waals surface area contributed by atoms with Gasteiger partial charge in [0.2, 0.25) is 0 Å². The summed E-state index contributed by atoms with van der Waals surface area (Å²) in [6, 6.07) is 0. The van der Waals surface area contributed by atoms with Crippen LogP contribution in [0.25, 0.3) is 0 Å². The maximum absolute atomic E-state index is 12.4. The first-order chi connectivity index (χ1) is 10.0. The fourth-order valence-corrected chi connectivity index (χ4v) is 3.86. The number of carbonyl (C=O) groups is 1. The summed E-state index contributed by atoms with van der Waals surface area (Å²) >= 11 is 0. The smallest absolute Gasteiger partial charge is 0.327 e. The molecule has 2 fully saturated rings. The molecule has 1 heterocycles. The molecule has 0 aromatic rings. The largest absolute Gasteiger partial charge is 0.468 e. The molecule has 1 aliphatic carbocycles. The maximum Gasteiger partial charge on any atom is 0.327 e. The first kappa shape index (κ1) is 16.8. The average molecular weight is 296 g/mol. The lowest BCUT2D eigenvalue weighted by Gasteiger charge is -2.36. The van der Waals surface area contributed by atoms with Gasteiger partial charge in [-0.2, -0.15) is 0 Å². The van der Waals surface area contributed by atoms with Gasteiger partial charge in [-0.3, -0.25) is 0 Å². The van der Waals surface area contributed by atoms with E-state index in [4.69, 9.17) is 4.74 Å². The van der Waals surface area contributed by atoms with Crippen LogP contribution in [0, 0.1) is 17.8 Å². The summed E-state index contributed by atoms with van der Waals surface area (Å²) < 4.78 is 5.11. The Bertz CT molecular complexity index is 355. The zero-order chi connectivity index (χ0) is 15.5. The van der Waals surface area contributed by atoms with Crippen LogP contribution < -0.4 is 5.32 Å². The minimum Gasteiger partial charge on any atom is -0.468 e. The van der Waals surface area contributed by atoms with Crippen molar-refractivity contribution in [3.63, 3.8) is 0 Å². The van der Waals surface area contributed by atoms with Crippen molar-refractivity contribution in [2.24, 2.45) is 17.8 Å². The van der Waals surface area contributed by atoms with E-state index in [2.05, 4.69) is 24.1 Å². The molecule has 2 aliphatic rings. The zero-order valence-corrected chi connectivity index (χ0v) is 14.2. The molecule has 0 amide bonds. The highest BCUT2D eigenvalue weighted by Gasteiger charge is 2.51. The minimum absolute atomic E-state index is 0.0860. The van der Waals surface area contributed by atoms with Crippen molar-refractivity contribution >= 4 is 5.97 Å². The molecule has 2 unspecified atom stereocenters. The first-order valence-corrected chi connectivity index (χ1v) is 8.53. The Labute approximate surface area is 129 Å². The van der Waals surface area contributed by atoms with Crippen molar-refractivity contribution in [3.05, 3.63) is 0 Å². The second-order valence-electron chi connectivity index (χ2n) is 7.20. The molecule has 0 radical (unpaired) electrons. The van der Waals surface area contributed by atoms with E-state index in [1.165, 1.54) is 26.4 Å². The number of hydrogen-bond acceptors (Lipinski definition) is 4. The van der Waals surface area contributed by atoms with Gasteiger partial charge in [-0.05, 0) is 70.0 Å². The number of ether oxygens (including phenoxy) is 1. The molecule has 4 nitrogen and oxygen atoms in total. The van der Waals surface area contributed by atoms with Gasteiger partial charge in [0.1, 0.15) is 5.54 Å². The normalized spacial score (nSPS) is 27.2. The molecule has 1 saturated heterocycles. The maximum atomic E-state index is 12.4.